The summed E-state index contributed by atoms with van der Waals surface area (Å²) in [5.41, 5.74) is 2.39. The number of fused-ring (bicyclic) bond motifs is 1. The van der Waals surface area contributed by atoms with Gasteiger partial charge in [-0.1, -0.05) is 23.7 Å². The Kier molecular flexibility index (Phi) is 6.76. The average molecular weight is 487 g/mol. The molecule has 0 unspecified atom stereocenters. The van der Waals surface area contributed by atoms with Gasteiger partial charge in [0.15, 0.2) is 5.82 Å². The number of nitrogens with one attached hydrogen (secondary N) is 1. The van der Waals surface area contributed by atoms with Crippen LogP contribution in [0.1, 0.15) is 29.8 Å². The number of aliphatic hydroxyl groups excluding tert-OH is 1. The number of aliphatic hydroxyl groups is 1. The van der Waals surface area contributed by atoms with Crippen LogP contribution in [0, 0.1) is 18.6 Å². The molecule has 0 radical (unpaired) electrons. The smallest absolute Gasteiger partial charge is 0.216 e. The van der Waals surface area contributed by atoms with Crippen molar-refractivity contribution < 1.29 is 23.4 Å². The van der Waals surface area contributed by atoms with Crippen molar-refractivity contribution in [2.75, 3.05) is 6.54 Å². The zero-order chi connectivity index (χ0) is 24.4. The lowest BCUT2D eigenvalue weighted by Crippen LogP contribution is -2.26. The van der Waals surface area contributed by atoms with E-state index in [-0.39, 0.29) is 29.6 Å². The molecule has 0 aliphatic carbocycles. The van der Waals surface area contributed by atoms with Gasteiger partial charge in [0, 0.05) is 30.1 Å². The van der Waals surface area contributed by atoms with Gasteiger partial charge in [0.05, 0.1) is 29.2 Å². The second kappa shape index (κ2) is 9.74. The normalized spacial score (nSPS) is 12.1. The molecule has 34 heavy (non-hydrogen) atoms. The summed E-state index contributed by atoms with van der Waals surface area (Å²) in [6.45, 7) is 2.91. The minimum Gasteiger partial charge on any atom is -0.487 e. The first-order valence-electron chi connectivity index (χ1n) is 10.4. The van der Waals surface area contributed by atoms with Crippen molar-refractivity contribution in [3.63, 3.8) is 0 Å². The minimum absolute atomic E-state index is 0.0777. The molecular formula is C24H21ClF2N4O3. The number of nitrogens with zero attached hydrogens (tertiary/aromatic N) is 3. The summed E-state index contributed by atoms with van der Waals surface area (Å²) < 4.78 is 35.0. The number of amides is 1. The molecule has 176 valence electrons. The van der Waals surface area contributed by atoms with E-state index in [4.69, 9.17) is 16.3 Å². The van der Waals surface area contributed by atoms with Gasteiger partial charge in [-0.25, -0.2) is 18.4 Å². The van der Waals surface area contributed by atoms with Crippen molar-refractivity contribution >= 4 is 28.4 Å². The molecule has 7 nitrogen and oxygen atoms in total. The lowest BCUT2D eigenvalue weighted by Gasteiger charge is -2.18. The number of hydrogen-bond donors (Lipinski definition) is 2. The molecule has 1 atom stereocenters. The average Bonchev–Trinajstić information content (AvgIpc) is 3.22. The van der Waals surface area contributed by atoms with Gasteiger partial charge in [-0.05, 0) is 36.8 Å². The Morgan fingerprint density at radius 3 is 2.76 bits per heavy atom. The van der Waals surface area contributed by atoms with Gasteiger partial charge in [-0.3, -0.25) is 4.79 Å². The van der Waals surface area contributed by atoms with Crippen LogP contribution < -0.4 is 10.1 Å². The Balaban J connectivity index is 1.70. The standard InChI is InChI=1S/C24H21ClF2N4O3/c1-13-6-21(31-11-16(27)9-29-31)17-4-3-5-23(24(17)30-13)34-12-19-18(7-15(26)8-20(19)25)22(33)10-28-14(2)32/h3-9,11,22,33H,10,12H2,1-2H3,(H,28,32)/t22-/m0/s1. The fourth-order valence-corrected chi connectivity index (χ4v) is 3.91. The van der Waals surface area contributed by atoms with Gasteiger partial charge in [0.1, 0.15) is 23.7 Å². The Hall–Kier alpha value is -3.56. The van der Waals surface area contributed by atoms with Crippen molar-refractivity contribution in [3.8, 4) is 11.4 Å². The van der Waals surface area contributed by atoms with E-state index in [1.807, 2.05) is 6.07 Å². The number of carbonyl (C=O) groups is 1. The number of aryl methyl sites for hydroxylation is 1. The molecule has 2 heterocycles. The van der Waals surface area contributed by atoms with Crippen LogP contribution in [-0.4, -0.2) is 32.3 Å². The number of aromatic nitrogens is 3. The van der Waals surface area contributed by atoms with Crippen molar-refractivity contribution in [3.05, 3.63) is 82.3 Å². The van der Waals surface area contributed by atoms with E-state index in [2.05, 4.69) is 15.4 Å². The molecule has 0 aliphatic heterocycles. The van der Waals surface area contributed by atoms with Gasteiger partial charge in [0.2, 0.25) is 5.91 Å². The second-order valence-electron chi connectivity index (χ2n) is 7.74. The third-order valence-corrected chi connectivity index (χ3v) is 5.51. The van der Waals surface area contributed by atoms with Gasteiger partial charge in [-0.15, -0.1) is 0 Å². The van der Waals surface area contributed by atoms with E-state index in [1.165, 1.54) is 17.8 Å². The first-order chi connectivity index (χ1) is 16.2. The van der Waals surface area contributed by atoms with E-state index in [9.17, 15) is 18.7 Å². The number of benzene rings is 2. The predicted molar refractivity (Wildman–Crippen MR) is 123 cm³/mol. The minimum atomic E-state index is -1.19. The van der Waals surface area contributed by atoms with Crippen LogP contribution in [0.3, 0.4) is 0 Å². The summed E-state index contributed by atoms with van der Waals surface area (Å²) >= 11 is 6.28. The summed E-state index contributed by atoms with van der Waals surface area (Å²) in [7, 11) is 0. The summed E-state index contributed by atoms with van der Waals surface area (Å²) in [5, 5.41) is 17.8. The molecular weight excluding hydrogens is 466 g/mol. The molecule has 2 N–H and O–H groups in total. The van der Waals surface area contributed by atoms with E-state index in [0.717, 1.165) is 18.3 Å². The van der Waals surface area contributed by atoms with Gasteiger partial charge < -0.3 is 15.2 Å². The Morgan fingerprint density at radius 2 is 2.06 bits per heavy atom. The molecule has 1 amide bonds. The summed E-state index contributed by atoms with van der Waals surface area (Å²) in [4.78, 5) is 15.8. The fourth-order valence-electron chi connectivity index (χ4n) is 3.64. The highest BCUT2D eigenvalue weighted by atomic mass is 35.5. The molecule has 0 saturated heterocycles. The maximum atomic E-state index is 14.0. The molecule has 0 spiro atoms. The first kappa shape index (κ1) is 23.6. The lowest BCUT2D eigenvalue weighted by molar-refractivity contribution is -0.119. The summed E-state index contributed by atoms with van der Waals surface area (Å²) in [6.07, 6.45) is 1.19. The van der Waals surface area contributed by atoms with Crippen molar-refractivity contribution in [2.45, 2.75) is 26.6 Å². The number of hydrogen-bond acceptors (Lipinski definition) is 5. The molecule has 2 aromatic heterocycles. The Morgan fingerprint density at radius 1 is 1.26 bits per heavy atom. The zero-order valence-corrected chi connectivity index (χ0v) is 19.1. The topological polar surface area (TPSA) is 89.3 Å². The molecule has 10 heteroatoms. The number of para-hydroxylation sites is 1. The Labute approximate surface area is 198 Å². The van der Waals surface area contributed by atoms with Crippen LogP contribution in [0.15, 0.2) is 48.8 Å². The fraction of sp³-hybridized carbons (Fsp3) is 0.208. The van der Waals surface area contributed by atoms with Crippen molar-refractivity contribution in [2.24, 2.45) is 0 Å². The lowest BCUT2D eigenvalue weighted by atomic mass is 10.0. The van der Waals surface area contributed by atoms with Gasteiger partial charge in [-0.2, -0.15) is 5.10 Å². The van der Waals surface area contributed by atoms with E-state index in [1.54, 1.807) is 25.1 Å². The molecule has 0 saturated carbocycles. The second-order valence-corrected chi connectivity index (χ2v) is 8.14. The van der Waals surface area contributed by atoms with E-state index < -0.39 is 17.7 Å². The first-order valence-corrected chi connectivity index (χ1v) is 10.7. The molecule has 0 fully saturated rings. The number of pyridine rings is 1. The third kappa shape index (κ3) is 5.00. The van der Waals surface area contributed by atoms with Gasteiger partial charge >= 0.3 is 0 Å². The van der Waals surface area contributed by atoms with Crippen molar-refractivity contribution in [1.82, 2.24) is 20.1 Å². The number of ether oxygens (including phenoxy) is 1. The van der Waals surface area contributed by atoms with Crippen LogP contribution in [0.2, 0.25) is 5.02 Å². The van der Waals surface area contributed by atoms with Crippen LogP contribution in [-0.2, 0) is 11.4 Å². The molecule has 0 aliphatic rings. The molecule has 4 rings (SSSR count). The summed E-state index contributed by atoms with van der Waals surface area (Å²) in [6, 6.07) is 9.37. The monoisotopic (exact) mass is 486 g/mol. The SMILES string of the molecule is CC(=O)NC[C@H](O)c1cc(F)cc(Cl)c1COc1cccc2c(-n3cc(F)cn3)cc(C)nc12. The highest BCUT2D eigenvalue weighted by molar-refractivity contribution is 6.31. The van der Waals surface area contributed by atoms with Crippen LogP contribution >= 0.6 is 11.6 Å². The number of rotatable bonds is 7. The third-order valence-electron chi connectivity index (χ3n) is 5.18. The summed E-state index contributed by atoms with van der Waals surface area (Å²) in [5.74, 6) is -1.00. The van der Waals surface area contributed by atoms with Crippen LogP contribution in [0.25, 0.3) is 16.6 Å². The predicted octanol–water partition coefficient (Wildman–Crippen LogP) is 4.41. The molecule has 0 bridgehead atoms. The van der Waals surface area contributed by atoms with Gasteiger partial charge in [0.25, 0.3) is 0 Å². The Bertz CT molecular complexity index is 1380. The quantitative estimate of drug-likeness (QED) is 0.404. The number of halogens is 3. The van der Waals surface area contributed by atoms with Crippen LogP contribution in [0.4, 0.5) is 8.78 Å². The maximum absolute atomic E-state index is 14.0. The van der Waals surface area contributed by atoms with Crippen LogP contribution in [0.5, 0.6) is 5.75 Å². The number of carbonyl (C=O) groups excluding carboxylic acids is 1. The maximum Gasteiger partial charge on any atom is 0.216 e. The molecule has 4 aromatic rings. The highest BCUT2D eigenvalue weighted by Gasteiger charge is 2.19. The van der Waals surface area contributed by atoms with Crippen molar-refractivity contribution in [1.29, 1.82) is 0 Å². The molecule has 2 aromatic carbocycles. The largest absolute Gasteiger partial charge is 0.487 e. The van der Waals surface area contributed by atoms with E-state index >= 15 is 0 Å². The highest BCUT2D eigenvalue weighted by Crippen LogP contribution is 2.32. The van der Waals surface area contributed by atoms with E-state index in [0.29, 0.717) is 33.6 Å². The zero-order valence-electron chi connectivity index (χ0n) is 18.3.